The highest BCUT2D eigenvalue weighted by molar-refractivity contribution is 5.91. The number of oxazole rings is 1. The van der Waals surface area contributed by atoms with Crippen molar-refractivity contribution in [2.24, 2.45) is 0 Å². The van der Waals surface area contributed by atoms with Crippen LogP contribution in [-0.4, -0.2) is 72.0 Å². The lowest BCUT2D eigenvalue weighted by atomic mass is 9.99. The summed E-state index contributed by atoms with van der Waals surface area (Å²) in [5, 5.41) is 17.4. The van der Waals surface area contributed by atoms with Gasteiger partial charge in [-0.25, -0.2) is 9.78 Å². The number of amides is 2. The van der Waals surface area contributed by atoms with Crippen LogP contribution in [0.5, 0.6) is 0 Å². The van der Waals surface area contributed by atoms with Gasteiger partial charge in [0.05, 0.1) is 42.7 Å². The average Bonchev–Trinajstić information content (AvgIpc) is 3.78. The molecule has 1 aromatic carbocycles. The number of nitriles is 1. The second-order valence-electron chi connectivity index (χ2n) is 12.0. The van der Waals surface area contributed by atoms with Crippen molar-refractivity contribution in [1.82, 2.24) is 29.8 Å². The number of aromatic nitrogens is 4. The number of ether oxygens (including phenoxy) is 1. The van der Waals surface area contributed by atoms with Crippen molar-refractivity contribution in [2.45, 2.75) is 89.1 Å². The highest BCUT2D eigenvalue weighted by Gasteiger charge is 2.47. The molecule has 2 unspecified atom stereocenters. The molecule has 0 N–H and O–H groups in total. The predicted molar refractivity (Wildman–Crippen MR) is 143 cm³/mol. The molecule has 3 aromatic rings. The molecular formula is C29H33N7O4. The summed E-state index contributed by atoms with van der Waals surface area (Å²) in [6.07, 6.45) is 9.09. The third-order valence-electron chi connectivity index (χ3n) is 7.61. The molecule has 2 aliphatic carbocycles. The van der Waals surface area contributed by atoms with Crippen LogP contribution in [0, 0.1) is 11.3 Å². The zero-order valence-corrected chi connectivity index (χ0v) is 23.0. The van der Waals surface area contributed by atoms with Crippen LogP contribution in [0.2, 0.25) is 0 Å². The molecular weight excluding hydrogens is 510 g/mol. The van der Waals surface area contributed by atoms with E-state index in [1.165, 1.54) is 0 Å². The van der Waals surface area contributed by atoms with Crippen molar-refractivity contribution < 1.29 is 18.7 Å². The fraction of sp³-hybridized carbons (Fsp3) is 0.517. The zero-order valence-electron chi connectivity index (χ0n) is 23.0. The maximum atomic E-state index is 13.9. The Labute approximate surface area is 232 Å². The van der Waals surface area contributed by atoms with E-state index >= 15 is 0 Å². The van der Waals surface area contributed by atoms with Gasteiger partial charge in [0.2, 0.25) is 0 Å². The van der Waals surface area contributed by atoms with E-state index in [9.17, 15) is 14.9 Å². The number of rotatable bonds is 7. The molecule has 11 heteroatoms. The Kier molecular flexibility index (Phi) is 6.56. The lowest BCUT2D eigenvalue weighted by molar-refractivity contribution is 0.0197. The Hall–Kier alpha value is -4.20. The monoisotopic (exact) mass is 543 g/mol. The third-order valence-corrected chi connectivity index (χ3v) is 7.61. The standard InChI is InChI=1S/C29H33N7O4/c1-29(2,3)40-28(38)35-17-22(13-21(35)16-34-11-10-32-33-34)36(20-7-8-20)27(37)26-31-15-25(39-26)24-12-18(14-30)4-9-23(24)19-5-6-19/h4,9-12,15,19-22H,5-8,13,16-17H2,1-3H3. The Morgan fingerprint density at radius 3 is 2.65 bits per heavy atom. The first-order valence-electron chi connectivity index (χ1n) is 13.9. The number of benzene rings is 1. The molecule has 6 rings (SSSR count). The molecule has 2 aromatic heterocycles. The molecule has 0 bridgehead atoms. The van der Waals surface area contributed by atoms with E-state index in [1.807, 2.05) is 43.9 Å². The van der Waals surface area contributed by atoms with Crippen LogP contribution in [0.4, 0.5) is 4.79 Å². The van der Waals surface area contributed by atoms with E-state index in [4.69, 9.17) is 9.15 Å². The maximum absolute atomic E-state index is 13.9. The quantitative estimate of drug-likeness (QED) is 0.430. The molecule has 3 fully saturated rings. The fourth-order valence-corrected chi connectivity index (χ4v) is 5.54. The van der Waals surface area contributed by atoms with Gasteiger partial charge < -0.3 is 19.0 Å². The molecule has 1 saturated heterocycles. The molecule has 2 atom stereocenters. The first kappa shape index (κ1) is 26.0. The Morgan fingerprint density at radius 2 is 2.00 bits per heavy atom. The average molecular weight is 544 g/mol. The number of hydrogen-bond acceptors (Lipinski definition) is 8. The summed E-state index contributed by atoms with van der Waals surface area (Å²) in [5.74, 6) is 0.668. The number of likely N-dealkylation sites (tertiary alicyclic amines) is 1. The molecule has 0 radical (unpaired) electrons. The smallest absolute Gasteiger partial charge is 0.410 e. The van der Waals surface area contributed by atoms with Gasteiger partial charge in [-0.2, -0.15) is 5.26 Å². The zero-order chi connectivity index (χ0) is 28.0. The number of carbonyl (C=O) groups is 2. The fourth-order valence-electron chi connectivity index (χ4n) is 5.54. The molecule has 11 nitrogen and oxygen atoms in total. The van der Waals surface area contributed by atoms with E-state index < -0.39 is 11.7 Å². The van der Waals surface area contributed by atoms with Crippen LogP contribution in [0.1, 0.15) is 80.6 Å². The van der Waals surface area contributed by atoms with Crippen LogP contribution >= 0.6 is 0 Å². The van der Waals surface area contributed by atoms with E-state index in [0.717, 1.165) is 36.8 Å². The Bertz CT molecular complexity index is 1440. The summed E-state index contributed by atoms with van der Waals surface area (Å²) < 4.78 is 13.5. The van der Waals surface area contributed by atoms with Crippen molar-refractivity contribution >= 4 is 12.0 Å². The largest absolute Gasteiger partial charge is 0.444 e. The van der Waals surface area contributed by atoms with Gasteiger partial charge in [0.25, 0.3) is 5.89 Å². The summed E-state index contributed by atoms with van der Waals surface area (Å²) in [5.41, 5.74) is 1.83. The minimum Gasteiger partial charge on any atom is -0.444 e. The van der Waals surface area contributed by atoms with Crippen molar-refractivity contribution in [3.8, 4) is 17.4 Å². The molecule has 208 valence electrons. The summed E-state index contributed by atoms with van der Waals surface area (Å²) in [4.78, 5) is 35.0. The SMILES string of the molecule is CC(C)(C)OC(=O)N1CC(N(C(=O)c2ncc(-c3cc(C#N)ccc3C3CC3)o2)C2CC2)CC1Cn1ccnn1. The normalized spacial score (nSPS) is 20.8. The lowest BCUT2D eigenvalue weighted by Gasteiger charge is -2.29. The minimum absolute atomic E-state index is 0.0227. The molecule has 1 aliphatic heterocycles. The number of hydrogen-bond donors (Lipinski definition) is 0. The van der Waals surface area contributed by atoms with Gasteiger partial charge in [-0.1, -0.05) is 11.3 Å². The summed E-state index contributed by atoms with van der Waals surface area (Å²) in [7, 11) is 0. The topological polar surface area (TPSA) is 130 Å². The van der Waals surface area contributed by atoms with E-state index in [1.54, 1.807) is 28.2 Å². The predicted octanol–water partition coefficient (Wildman–Crippen LogP) is 4.36. The van der Waals surface area contributed by atoms with Crippen LogP contribution in [0.15, 0.2) is 41.2 Å². The number of nitrogens with zero attached hydrogens (tertiary/aromatic N) is 7. The lowest BCUT2D eigenvalue weighted by Crippen LogP contribution is -2.45. The summed E-state index contributed by atoms with van der Waals surface area (Å²) in [6.45, 7) is 6.31. The molecule has 3 aliphatic rings. The Morgan fingerprint density at radius 1 is 1.20 bits per heavy atom. The van der Waals surface area contributed by atoms with E-state index in [0.29, 0.717) is 36.8 Å². The summed E-state index contributed by atoms with van der Waals surface area (Å²) >= 11 is 0. The highest BCUT2D eigenvalue weighted by atomic mass is 16.6. The van der Waals surface area contributed by atoms with Crippen LogP contribution in [-0.2, 0) is 11.3 Å². The first-order valence-corrected chi connectivity index (χ1v) is 13.9. The molecule has 40 heavy (non-hydrogen) atoms. The van der Waals surface area contributed by atoms with Crippen LogP contribution in [0.25, 0.3) is 11.3 Å². The van der Waals surface area contributed by atoms with Crippen molar-refractivity contribution in [1.29, 1.82) is 5.26 Å². The number of carbonyl (C=O) groups excluding carboxylic acids is 2. The van der Waals surface area contributed by atoms with Crippen LogP contribution < -0.4 is 0 Å². The Balaban J connectivity index is 1.26. The summed E-state index contributed by atoms with van der Waals surface area (Å²) in [6, 6.07) is 7.43. The van der Waals surface area contributed by atoms with Crippen LogP contribution in [0.3, 0.4) is 0 Å². The van der Waals surface area contributed by atoms with Crippen molar-refractivity contribution in [3.63, 3.8) is 0 Å². The van der Waals surface area contributed by atoms with Gasteiger partial charge in [-0.05, 0) is 76.5 Å². The minimum atomic E-state index is -0.643. The van der Waals surface area contributed by atoms with E-state index in [-0.39, 0.29) is 29.9 Å². The van der Waals surface area contributed by atoms with Gasteiger partial charge in [0.15, 0.2) is 5.76 Å². The molecule has 2 amide bonds. The second-order valence-corrected chi connectivity index (χ2v) is 12.0. The van der Waals surface area contributed by atoms with Crippen molar-refractivity contribution in [2.75, 3.05) is 6.54 Å². The second kappa shape index (κ2) is 10.1. The highest BCUT2D eigenvalue weighted by Crippen LogP contribution is 2.45. The molecule has 0 spiro atoms. The van der Waals surface area contributed by atoms with Crippen molar-refractivity contribution in [3.05, 3.63) is 53.8 Å². The van der Waals surface area contributed by atoms with Gasteiger partial charge >= 0.3 is 12.0 Å². The van der Waals surface area contributed by atoms with Gasteiger partial charge in [0, 0.05) is 24.3 Å². The van der Waals surface area contributed by atoms with Gasteiger partial charge in [-0.15, -0.1) is 5.10 Å². The van der Waals surface area contributed by atoms with Gasteiger partial charge in [0.1, 0.15) is 5.60 Å². The first-order chi connectivity index (χ1) is 19.2. The van der Waals surface area contributed by atoms with Gasteiger partial charge in [-0.3, -0.25) is 9.48 Å². The third kappa shape index (κ3) is 5.43. The maximum Gasteiger partial charge on any atom is 0.410 e. The molecule has 2 saturated carbocycles. The van der Waals surface area contributed by atoms with E-state index in [2.05, 4.69) is 21.4 Å². The molecule has 3 heterocycles.